The molecule has 0 amide bonds. The maximum absolute atomic E-state index is 13.7. The molecule has 2 atom stereocenters. The van der Waals surface area contributed by atoms with Crippen LogP contribution in [0.3, 0.4) is 0 Å². The Balaban J connectivity index is 1.69. The van der Waals surface area contributed by atoms with E-state index in [4.69, 9.17) is 5.73 Å². The number of aromatic nitrogens is 2. The summed E-state index contributed by atoms with van der Waals surface area (Å²) < 4.78 is 53.4. The highest BCUT2D eigenvalue weighted by Crippen LogP contribution is 2.41. The maximum Gasteiger partial charge on any atom is 0.422 e. The van der Waals surface area contributed by atoms with Gasteiger partial charge in [0.2, 0.25) is 5.95 Å². The summed E-state index contributed by atoms with van der Waals surface area (Å²) in [6.07, 6.45) is -1.12. The predicted octanol–water partition coefficient (Wildman–Crippen LogP) is 4.05. The summed E-state index contributed by atoms with van der Waals surface area (Å²) in [5, 5.41) is 2.55. The molecular weight excluding hydrogens is 414 g/mol. The molecule has 1 aromatic carbocycles. The van der Waals surface area contributed by atoms with Crippen molar-refractivity contribution in [2.24, 2.45) is 11.8 Å². The third kappa shape index (κ3) is 4.18. The first kappa shape index (κ1) is 21.1. The molecule has 2 aromatic rings. The first-order valence-corrected chi connectivity index (χ1v) is 12.5. The number of nitrogen functional groups attached to an aromatic ring is 1. The van der Waals surface area contributed by atoms with Crippen molar-refractivity contribution in [2.75, 3.05) is 37.6 Å². The van der Waals surface area contributed by atoms with E-state index in [1.54, 1.807) is 25.5 Å². The lowest BCUT2D eigenvalue weighted by Crippen LogP contribution is -2.30. The minimum absolute atomic E-state index is 0.0520. The van der Waals surface area contributed by atoms with E-state index in [-0.39, 0.29) is 17.2 Å². The van der Waals surface area contributed by atoms with Crippen LogP contribution in [0.1, 0.15) is 24.8 Å². The van der Waals surface area contributed by atoms with Gasteiger partial charge in [0.05, 0.1) is 5.69 Å². The van der Waals surface area contributed by atoms with Crippen LogP contribution in [0, 0.1) is 11.8 Å². The van der Waals surface area contributed by atoms with Gasteiger partial charge in [0.1, 0.15) is 18.5 Å². The van der Waals surface area contributed by atoms with Gasteiger partial charge in [-0.2, -0.15) is 18.2 Å². The number of nitrogens with one attached hydrogen (secondary N) is 1. The van der Waals surface area contributed by atoms with Crippen LogP contribution in [0.4, 0.5) is 24.9 Å². The Bertz CT molecular complexity index is 977. The number of alkyl halides is 3. The molecule has 162 valence electrons. The van der Waals surface area contributed by atoms with E-state index in [1.807, 2.05) is 5.01 Å². The summed E-state index contributed by atoms with van der Waals surface area (Å²) >= 11 is 0. The van der Waals surface area contributed by atoms with E-state index < -0.39 is 24.7 Å². The van der Waals surface area contributed by atoms with Gasteiger partial charge in [-0.3, -0.25) is 5.43 Å². The van der Waals surface area contributed by atoms with Gasteiger partial charge in [-0.1, -0.05) is 30.7 Å². The number of nitrogens with two attached hydrogens (primary N) is 1. The number of halogens is 3. The average Bonchev–Trinajstić information content (AvgIpc) is 3.21. The highest BCUT2D eigenvalue weighted by Gasteiger charge is 2.39. The van der Waals surface area contributed by atoms with Crippen LogP contribution >= 0.6 is 7.14 Å². The van der Waals surface area contributed by atoms with Crippen LogP contribution in [0.5, 0.6) is 0 Å². The number of hydrazine groups is 1. The molecule has 2 aliphatic rings. The zero-order chi connectivity index (χ0) is 21.7. The van der Waals surface area contributed by atoms with Crippen LogP contribution in [-0.4, -0.2) is 41.4 Å². The fraction of sp³-hybridized carbons (Fsp3) is 0.500. The third-order valence-electron chi connectivity index (χ3n) is 5.97. The van der Waals surface area contributed by atoms with Crippen molar-refractivity contribution >= 4 is 24.2 Å². The van der Waals surface area contributed by atoms with E-state index >= 15 is 0 Å². The smallest absolute Gasteiger partial charge is 0.383 e. The van der Waals surface area contributed by atoms with Crippen molar-refractivity contribution in [3.05, 3.63) is 29.8 Å². The van der Waals surface area contributed by atoms with Gasteiger partial charge in [0, 0.05) is 24.0 Å². The first-order chi connectivity index (χ1) is 14.0. The van der Waals surface area contributed by atoms with Gasteiger partial charge >= 0.3 is 6.18 Å². The Morgan fingerprint density at radius 3 is 2.23 bits per heavy atom. The molecule has 2 fully saturated rings. The van der Waals surface area contributed by atoms with Crippen LogP contribution in [0.2, 0.25) is 0 Å². The molecule has 1 aromatic heterocycles. The standard InChI is InChI=1S/C20H25F3N5OP/c1-30(2,29)15-8-6-12(7-9-15)17-16(20(21,22)23)18(24)26-19(25-17)27-28-10-13-4-3-5-14(13)11-28/h6-9,13-14H,3-5,10-11H2,1-2H3,(H3,24,25,26,27). The largest absolute Gasteiger partial charge is 0.422 e. The van der Waals surface area contributed by atoms with Gasteiger partial charge in [-0.05, 0) is 38.0 Å². The van der Waals surface area contributed by atoms with Crippen LogP contribution in [-0.2, 0) is 10.7 Å². The average molecular weight is 439 g/mol. The fourth-order valence-corrected chi connectivity index (χ4v) is 5.33. The molecule has 0 spiro atoms. The maximum atomic E-state index is 13.7. The van der Waals surface area contributed by atoms with Gasteiger partial charge in [0.15, 0.2) is 0 Å². The van der Waals surface area contributed by atoms with Crippen molar-refractivity contribution in [1.82, 2.24) is 15.0 Å². The second-order valence-electron chi connectivity index (χ2n) is 8.52. The molecule has 6 nitrogen and oxygen atoms in total. The first-order valence-electron chi connectivity index (χ1n) is 9.94. The van der Waals surface area contributed by atoms with E-state index in [0.717, 1.165) is 13.1 Å². The lowest BCUT2D eigenvalue weighted by molar-refractivity contribution is -0.136. The number of hydrogen-bond acceptors (Lipinski definition) is 6. The number of benzene rings is 1. The number of nitrogens with zero attached hydrogens (tertiary/aromatic N) is 3. The minimum Gasteiger partial charge on any atom is -0.383 e. The highest BCUT2D eigenvalue weighted by molar-refractivity contribution is 7.70. The van der Waals surface area contributed by atoms with E-state index in [1.165, 1.54) is 31.4 Å². The second kappa shape index (κ2) is 7.54. The molecule has 1 saturated carbocycles. The molecule has 1 aliphatic carbocycles. The number of hydrogen-bond donors (Lipinski definition) is 2. The molecule has 2 unspecified atom stereocenters. The summed E-state index contributed by atoms with van der Waals surface area (Å²) in [7, 11) is -2.52. The van der Waals surface area contributed by atoms with Gasteiger partial charge in [0.25, 0.3) is 0 Å². The summed E-state index contributed by atoms with van der Waals surface area (Å²) in [6, 6.07) is 6.14. The monoisotopic (exact) mass is 439 g/mol. The van der Waals surface area contributed by atoms with Gasteiger partial charge in [-0.25, -0.2) is 9.99 Å². The molecule has 30 heavy (non-hydrogen) atoms. The Kier molecular flexibility index (Phi) is 5.31. The second-order valence-corrected chi connectivity index (χ2v) is 11.7. The molecule has 1 saturated heterocycles. The molecule has 10 heteroatoms. The van der Waals surface area contributed by atoms with E-state index in [2.05, 4.69) is 15.4 Å². The van der Waals surface area contributed by atoms with Crippen molar-refractivity contribution in [2.45, 2.75) is 25.4 Å². The lowest BCUT2D eigenvalue weighted by atomic mass is 10.0. The van der Waals surface area contributed by atoms with Crippen LogP contribution in [0.25, 0.3) is 11.3 Å². The predicted molar refractivity (Wildman–Crippen MR) is 112 cm³/mol. The molecular formula is C20H25F3N5OP. The molecule has 0 bridgehead atoms. The SMILES string of the molecule is CP(C)(=O)c1ccc(-c2nc(NN3CC4CCCC4C3)nc(N)c2C(F)(F)F)cc1. The summed E-state index contributed by atoms with van der Waals surface area (Å²) in [4.78, 5) is 8.08. The minimum atomic E-state index is -4.70. The molecule has 0 radical (unpaired) electrons. The Labute approximate surface area is 173 Å². The number of anilines is 2. The van der Waals surface area contributed by atoms with Crippen molar-refractivity contribution in [3.63, 3.8) is 0 Å². The normalized spacial score (nSPS) is 22.3. The molecule has 4 rings (SSSR count). The Morgan fingerprint density at radius 2 is 1.70 bits per heavy atom. The highest BCUT2D eigenvalue weighted by atomic mass is 31.2. The Morgan fingerprint density at radius 1 is 1.10 bits per heavy atom. The van der Waals surface area contributed by atoms with Crippen molar-refractivity contribution < 1.29 is 17.7 Å². The van der Waals surface area contributed by atoms with Crippen molar-refractivity contribution in [1.29, 1.82) is 0 Å². The summed E-state index contributed by atoms with van der Waals surface area (Å²) in [5.74, 6) is 0.650. The zero-order valence-electron chi connectivity index (χ0n) is 16.9. The van der Waals surface area contributed by atoms with E-state index in [0.29, 0.717) is 17.1 Å². The van der Waals surface area contributed by atoms with Crippen molar-refractivity contribution in [3.8, 4) is 11.3 Å². The molecule has 2 heterocycles. The van der Waals surface area contributed by atoms with Gasteiger partial charge < -0.3 is 10.3 Å². The van der Waals surface area contributed by atoms with Crippen LogP contribution in [0.15, 0.2) is 24.3 Å². The van der Waals surface area contributed by atoms with Gasteiger partial charge in [-0.15, -0.1) is 0 Å². The molecule has 3 N–H and O–H groups in total. The Hall–Kier alpha value is -2.12. The number of rotatable bonds is 4. The van der Waals surface area contributed by atoms with Crippen LogP contribution < -0.4 is 16.5 Å². The summed E-state index contributed by atoms with van der Waals surface area (Å²) in [5.41, 5.74) is 7.69. The molecule has 1 aliphatic heterocycles. The van der Waals surface area contributed by atoms with E-state index in [9.17, 15) is 17.7 Å². The fourth-order valence-electron chi connectivity index (χ4n) is 4.46. The quantitative estimate of drug-likeness (QED) is 0.700. The third-order valence-corrected chi connectivity index (χ3v) is 7.51. The number of fused-ring (bicyclic) bond motifs is 1. The zero-order valence-corrected chi connectivity index (χ0v) is 17.8. The lowest BCUT2D eigenvalue weighted by Gasteiger charge is -2.21. The topological polar surface area (TPSA) is 84.1 Å². The summed E-state index contributed by atoms with van der Waals surface area (Å²) in [6.45, 7) is 4.86.